The molecule has 8 heteroatoms. The predicted molar refractivity (Wildman–Crippen MR) is 118 cm³/mol. The van der Waals surface area contributed by atoms with Gasteiger partial charge >= 0.3 is 0 Å². The molecule has 4 rings (SSSR count). The highest BCUT2D eigenvalue weighted by atomic mass is 32.1. The van der Waals surface area contributed by atoms with Crippen LogP contribution in [0.1, 0.15) is 59.8 Å². The third-order valence-corrected chi connectivity index (χ3v) is 6.07. The Balaban J connectivity index is 1.69. The van der Waals surface area contributed by atoms with Gasteiger partial charge in [0.15, 0.2) is 5.69 Å². The maximum Gasteiger partial charge on any atom is 0.276 e. The maximum atomic E-state index is 13.6. The smallest absolute Gasteiger partial charge is 0.276 e. The topological polar surface area (TPSA) is 88.1 Å². The average Bonchev–Trinajstić information content (AvgIpc) is 3.35. The lowest BCUT2D eigenvalue weighted by atomic mass is 9.94. The molecule has 1 aliphatic carbocycles. The third kappa shape index (κ3) is 5.32. The first-order valence-corrected chi connectivity index (χ1v) is 11.4. The van der Waals surface area contributed by atoms with Crippen LogP contribution in [0.5, 0.6) is 0 Å². The Hall–Kier alpha value is -3.13. The van der Waals surface area contributed by atoms with E-state index in [-0.39, 0.29) is 30.1 Å². The van der Waals surface area contributed by atoms with Gasteiger partial charge < -0.3 is 10.2 Å². The van der Waals surface area contributed by atoms with Crippen LogP contribution in [-0.4, -0.2) is 37.3 Å². The summed E-state index contributed by atoms with van der Waals surface area (Å²) in [7, 11) is 0. The van der Waals surface area contributed by atoms with Gasteiger partial charge in [-0.25, -0.2) is 0 Å². The quantitative estimate of drug-likeness (QED) is 0.610. The van der Waals surface area contributed by atoms with Crippen molar-refractivity contribution in [1.82, 2.24) is 24.8 Å². The molecule has 0 radical (unpaired) electrons. The van der Waals surface area contributed by atoms with Crippen molar-refractivity contribution in [2.24, 2.45) is 0 Å². The fourth-order valence-corrected chi connectivity index (χ4v) is 4.44. The van der Waals surface area contributed by atoms with E-state index >= 15 is 0 Å². The Kier molecular flexibility index (Phi) is 6.99. The minimum atomic E-state index is -0.792. The molecule has 160 valence electrons. The molecule has 1 aromatic carbocycles. The highest BCUT2D eigenvalue weighted by Crippen LogP contribution is 2.27. The van der Waals surface area contributed by atoms with Crippen LogP contribution in [0.15, 0.2) is 60.2 Å². The van der Waals surface area contributed by atoms with Gasteiger partial charge in [0.1, 0.15) is 6.04 Å². The summed E-state index contributed by atoms with van der Waals surface area (Å²) in [6.45, 7) is 0.280. The van der Waals surface area contributed by atoms with E-state index in [1.165, 1.54) is 6.42 Å². The van der Waals surface area contributed by atoms with E-state index in [1.807, 2.05) is 30.3 Å². The van der Waals surface area contributed by atoms with E-state index in [0.29, 0.717) is 0 Å². The molecule has 3 aromatic rings. The zero-order chi connectivity index (χ0) is 21.5. The van der Waals surface area contributed by atoms with Crippen LogP contribution in [0, 0.1) is 0 Å². The number of pyridine rings is 1. The first-order chi connectivity index (χ1) is 15.2. The molecule has 7 nitrogen and oxygen atoms in total. The molecule has 0 spiro atoms. The summed E-state index contributed by atoms with van der Waals surface area (Å²) in [5, 5.41) is 8.77. The summed E-state index contributed by atoms with van der Waals surface area (Å²) >= 11 is 1.12. The molecule has 1 atom stereocenters. The van der Waals surface area contributed by atoms with Gasteiger partial charge in [-0.2, -0.15) is 0 Å². The van der Waals surface area contributed by atoms with E-state index in [0.717, 1.165) is 48.3 Å². The number of rotatable bonds is 7. The molecule has 0 unspecified atom stereocenters. The Morgan fingerprint density at radius 3 is 2.48 bits per heavy atom. The number of benzene rings is 1. The molecule has 31 heavy (non-hydrogen) atoms. The average molecular weight is 436 g/mol. The van der Waals surface area contributed by atoms with Crippen molar-refractivity contribution in [1.29, 1.82) is 0 Å². The number of amides is 2. The standard InChI is InChI=1S/C23H25N5O2S/c29-22(25-19-9-5-2-6-10-19)21(18-11-13-24-14-12-18)28(15-17-7-3-1-4-8-17)23(30)20-16-31-27-26-20/h1,3-4,7-8,11-14,16,19,21H,2,5-6,9-10,15H2,(H,25,29)/t21-/m0/s1. The Morgan fingerprint density at radius 1 is 1.06 bits per heavy atom. The van der Waals surface area contributed by atoms with E-state index in [4.69, 9.17) is 0 Å². The summed E-state index contributed by atoms with van der Waals surface area (Å²) in [5.41, 5.74) is 1.89. The zero-order valence-electron chi connectivity index (χ0n) is 17.2. The van der Waals surface area contributed by atoms with Crippen molar-refractivity contribution < 1.29 is 9.59 Å². The van der Waals surface area contributed by atoms with Crippen molar-refractivity contribution in [3.05, 3.63) is 77.1 Å². The van der Waals surface area contributed by atoms with E-state index in [9.17, 15) is 9.59 Å². The number of hydrogen-bond donors (Lipinski definition) is 1. The lowest BCUT2D eigenvalue weighted by Crippen LogP contribution is -2.47. The largest absolute Gasteiger partial charge is 0.351 e. The minimum absolute atomic E-state index is 0.139. The van der Waals surface area contributed by atoms with Gasteiger partial charge in [0.25, 0.3) is 5.91 Å². The molecule has 2 amide bonds. The van der Waals surface area contributed by atoms with Crippen LogP contribution < -0.4 is 5.32 Å². The summed E-state index contributed by atoms with van der Waals surface area (Å²) in [4.78, 5) is 32.7. The van der Waals surface area contributed by atoms with Crippen LogP contribution in [0.3, 0.4) is 0 Å². The fourth-order valence-electron chi connectivity index (χ4n) is 4.01. The predicted octanol–water partition coefficient (Wildman–Crippen LogP) is 3.77. The fraction of sp³-hybridized carbons (Fsp3) is 0.348. The van der Waals surface area contributed by atoms with Crippen molar-refractivity contribution in [2.45, 2.75) is 50.7 Å². The Bertz CT molecular complexity index is 976. The second-order valence-electron chi connectivity index (χ2n) is 7.74. The molecule has 2 aromatic heterocycles. The maximum absolute atomic E-state index is 13.6. The Morgan fingerprint density at radius 2 is 1.81 bits per heavy atom. The van der Waals surface area contributed by atoms with Crippen LogP contribution in [0.4, 0.5) is 0 Å². The zero-order valence-corrected chi connectivity index (χ0v) is 18.0. The van der Waals surface area contributed by atoms with E-state index in [1.54, 1.807) is 34.8 Å². The molecule has 0 saturated heterocycles. The number of nitrogens with one attached hydrogen (secondary N) is 1. The summed E-state index contributed by atoms with van der Waals surface area (Å²) in [6.07, 6.45) is 8.66. The lowest BCUT2D eigenvalue weighted by Gasteiger charge is -2.33. The van der Waals surface area contributed by atoms with Crippen LogP contribution >= 0.6 is 11.5 Å². The van der Waals surface area contributed by atoms with Gasteiger partial charge in [0.05, 0.1) is 0 Å². The van der Waals surface area contributed by atoms with Crippen molar-refractivity contribution in [2.75, 3.05) is 0 Å². The van der Waals surface area contributed by atoms with Crippen LogP contribution in [0.2, 0.25) is 0 Å². The van der Waals surface area contributed by atoms with Crippen LogP contribution in [-0.2, 0) is 11.3 Å². The van der Waals surface area contributed by atoms with Gasteiger partial charge in [-0.15, -0.1) is 5.10 Å². The minimum Gasteiger partial charge on any atom is -0.351 e. The second-order valence-corrected chi connectivity index (χ2v) is 8.35. The SMILES string of the molecule is O=C(NC1CCCCC1)[C@H](c1ccncc1)N(Cc1ccccc1)C(=O)c1csnn1. The van der Waals surface area contributed by atoms with Gasteiger partial charge in [-0.1, -0.05) is 54.1 Å². The van der Waals surface area contributed by atoms with Crippen molar-refractivity contribution in [3.63, 3.8) is 0 Å². The molecular weight excluding hydrogens is 410 g/mol. The first-order valence-electron chi connectivity index (χ1n) is 10.5. The highest BCUT2D eigenvalue weighted by molar-refractivity contribution is 7.03. The number of aromatic nitrogens is 3. The molecule has 1 saturated carbocycles. The van der Waals surface area contributed by atoms with Gasteiger partial charge in [0, 0.05) is 30.4 Å². The van der Waals surface area contributed by atoms with Gasteiger partial charge in [-0.3, -0.25) is 14.6 Å². The van der Waals surface area contributed by atoms with Crippen molar-refractivity contribution in [3.8, 4) is 0 Å². The van der Waals surface area contributed by atoms with E-state index in [2.05, 4.69) is 19.9 Å². The normalized spacial score (nSPS) is 15.2. The number of nitrogens with zero attached hydrogens (tertiary/aromatic N) is 4. The summed E-state index contributed by atoms with van der Waals surface area (Å²) in [6, 6.07) is 12.6. The van der Waals surface area contributed by atoms with Gasteiger partial charge in [-0.05, 0) is 47.6 Å². The molecule has 2 heterocycles. The molecule has 0 bridgehead atoms. The first kappa shape index (κ1) is 21.1. The molecule has 0 aliphatic heterocycles. The number of carbonyl (C=O) groups is 2. The van der Waals surface area contributed by atoms with Gasteiger partial charge in [0.2, 0.25) is 5.91 Å². The number of hydrogen-bond acceptors (Lipinski definition) is 6. The molecule has 1 N–H and O–H groups in total. The molecular formula is C23H25N5O2S. The second kappa shape index (κ2) is 10.3. The van der Waals surface area contributed by atoms with E-state index < -0.39 is 6.04 Å². The highest BCUT2D eigenvalue weighted by Gasteiger charge is 2.34. The summed E-state index contributed by atoms with van der Waals surface area (Å²) in [5.74, 6) is -0.497. The lowest BCUT2D eigenvalue weighted by molar-refractivity contribution is -0.127. The van der Waals surface area contributed by atoms with Crippen LogP contribution in [0.25, 0.3) is 0 Å². The van der Waals surface area contributed by atoms with Crippen molar-refractivity contribution >= 4 is 23.3 Å². The molecule has 1 aliphatic rings. The third-order valence-electron chi connectivity index (χ3n) is 5.57. The monoisotopic (exact) mass is 435 g/mol. The molecule has 1 fully saturated rings. The summed E-state index contributed by atoms with van der Waals surface area (Å²) < 4.78 is 3.84. The Labute approximate surface area is 185 Å². The number of carbonyl (C=O) groups excluding carboxylic acids is 2.